The molecular formula is C8H15N. The van der Waals surface area contributed by atoms with E-state index in [2.05, 4.69) is 20.1 Å². The van der Waals surface area contributed by atoms with Crippen LogP contribution in [0.15, 0.2) is 24.3 Å². The molecule has 0 aliphatic rings. The highest BCUT2D eigenvalue weighted by molar-refractivity contribution is 5.28. The van der Waals surface area contributed by atoms with Gasteiger partial charge >= 0.3 is 0 Å². The zero-order valence-corrected chi connectivity index (χ0v) is 6.28. The van der Waals surface area contributed by atoms with Crippen molar-refractivity contribution in [3.8, 4) is 0 Å². The lowest BCUT2D eigenvalue weighted by molar-refractivity contribution is 0.858. The van der Waals surface area contributed by atoms with Crippen LogP contribution < -0.4 is 5.73 Å². The van der Waals surface area contributed by atoms with Gasteiger partial charge < -0.3 is 5.73 Å². The van der Waals surface area contributed by atoms with E-state index in [-0.39, 0.29) is 6.04 Å². The Bertz CT molecular complexity index is 123. The van der Waals surface area contributed by atoms with Gasteiger partial charge in [0.15, 0.2) is 0 Å². The summed E-state index contributed by atoms with van der Waals surface area (Å²) in [6.07, 6.45) is 0.945. The fourth-order valence-electron chi connectivity index (χ4n) is 0.549. The summed E-state index contributed by atoms with van der Waals surface area (Å²) in [7, 11) is 0. The molecule has 0 spiro atoms. The molecule has 0 rings (SSSR count). The minimum Gasteiger partial charge on any atom is -0.324 e. The fraction of sp³-hybridized carbons (Fsp3) is 0.500. The van der Waals surface area contributed by atoms with E-state index >= 15 is 0 Å². The molecule has 0 aromatic rings. The van der Waals surface area contributed by atoms with Gasteiger partial charge in [-0.3, -0.25) is 0 Å². The van der Waals surface area contributed by atoms with Crippen LogP contribution in [0.4, 0.5) is 0 Å². The molecular weight excluding hydrogens is 110 g/mol. The predicted molar refractivity (Wildman–Crippen MR) is 42.2 cm³/mol. The Balaban J connectivity index is 3.89. The highest BCUT2D eigenvalue weighted by Crippen LogP contribution is 2.10. The van der Waals surface area contributed by atoms with Crippen LogP contribution in [0, 0.1) is 0 Å². The molecule has 1 atom stereocenters. The zero-order chi connectivity index (χ0) is 7.44. The molecule has 0 saturated heterocycles. The first-order chi connectivity index (χ1) is 4.09. The van der Waals surface area contributed by atoms with Crippen LogP contribution in [0.25, 0.3) is 0 Å². The van der Waals surface area contributed by atoms with Crippen LogP contribution in [0.3, 0.4) is 0 Å². The van der Waals surface area contributed by atoms with Crippen molar-refractivity contribution in [1.29, 1.82) is 0 Å². The van der Waals surface area contributed by atoms with Crippen molar-refractivity contribution >= 4 is 0 Å². The summed E-state index contributed by atoms with van der Waals surface area (Å²) in [6.45, 7) is 11.6. The van der Waals surface area contributed by atoms with E-state index in [0.29, 0.717) is 0 Å². The molecule has 0 amide bonds. The Kier molecular flexibility index (Phi) is 3.25. The van der Waals surface area contributed by atoms with Gasteiger partial charge in [0.2, 0.25) is 0 Å². The van der Waals surface area contributed by atoms with Gasteiger partial charge in [-0.1, -0.05) is 25.7 Å². The number of hydrogen-bond donors (Lipinski definition) is 1. The van der Waals surface area contributed by atoms with E-state index in [1.807, 2.05) is 6.92 Å². The lowest BCUT2D eigenvalue weighted by Gasteiger charge is -2.09. The van der Waals surface area contributed by atoms with Crippen molar-refractivity contribution in [2.45, 2.75) is 26.3 Å². The molecule has 0 bridgehead atoms. The van der Waals surface area contributed by atoms with Crippen molar-refractivity contribution < 1.29 is 0 Å². The quantitative estimate of drug-likeness (QED) is 0.572. The summed E-state index contributed by atoms with van der Waals surface area (Å²) < 4.78 is 0. The van der Waals surface area contributed by atoms with Crippen LogP contribution in [-0.2, 0) is 0 Å². The molecule has 0 aliphatic heterocycles. The predicted octanol–water partition coefficient (Wildman–Crippen LogP) is 1.86. The zero-order valence-electron chi connectivity index (χ0n) is 6.28. The molecule has 1 unspecified atom stereocenters. The summed E-state index contributed by atoms with van der Waals surface area (Å²) >= 11 is 0. The summed E-state index contributed by atoms with van der Waals surface area (Å²) in [4.78, 5) is 0. The Morgan fingerprint density at radius 2 is 2.00 bits per heavy atom. The summed E-state index contributed by atoms with van der Waals surface area (Å²) in [5.41, 5.74) is 7.58. The molecule has 0 fully saturated rings. The van der Waals surface area contributed by atoms with Gasteiger partial charge in [-0.15, -0.1) is 0 Å². The van der Waals surface area contributed by atoms with E-state index in [1.165, 1.54) is 0 Å². The largest absolute Gasteiger partial charge is 0.324 e. The molecule has 0 heterocycles. The van der Waals surface area contributed by atoms with Crippen molar-refractivity contribution in [2.24, 2.45) is 5.73 Å². The SMILES string of the molecule is C=C(CC)C(=C)C(C)N. The maximum atomic E-state index is 5.55. The second kappa shape index (κ2) is 3.46. The lowest BCUT2D eigenvalue weighted by Crippen LogP contribution is -2.17. The fourth-order valence-corrected chi connectivity index (χ4v) is 0.549. The van der Waals surface area contributed by atoms with E-state index in [4.69, 9.17) is 5.73 Å². The number of nitrogens with two attached hydrogens (primary N) is 1. The number of hydrogen-bond acceptors (Lipinski definition) is 1. The molecule has 0 radical (unpaired) electrons. The number of rotatable bonds is 3. The topological polar surface area (TPSA) is 26.0 Å². The molecule has 0 aromatic heterocycles. The van der Waals surface area contributed by atoms with Gasteiger partial charge in [-0.25, -0.2) is 0 Å². The van der Waals surface area contributed by atoms with E-state index in [0.717, 1.165) is 17.6 Å². The third-order valence-corrected chi connectivity index (χ3v) is 1.43. The summed E-state index contributed by atoms with van der Waals surface area (Å²) in [5.74, 6) is 0. The van der Waals surface area contributed by atoms with Gasteiger partial charge in [0, 0.05) is 6.04 Å². The normalized spacial score (nSPS) is 12.8. The van der Waals surface area contributed by atoms with E-state index < -0.39 is 0 Å². The molecule has 9 heavy (non-hydrogen) atoms. The van der Waals surface area contributed by atoms with Crippen LogP contribution in [0.5, 0.6) is 0 Å². The molecule has 52 valence electrons. The molecule has 1 nitrogen and oxygen atoms in total. The highest BCUT2D eigenvalue weighted by Gasteiger charge is 2.01. The molecule has 1 heteroatoms. The maximum Gasteiger partial charge on any atom is 0.0262 e. The lowest BCUT2D eigenvalue weighted by atomic mass is 10.0. The Morgan fingerprint density at radius 3 is 2.11 bits per heavy atom. The molecule has 0 aliphatic carbocycles. The van der Waals surface area contributed by atoms with Gasteiger partial charge in [0.05, 0.1) is 0 Å². The van der Waals surface area contributed by atoms with Crippen molar-refractivity contribution in [1.82, 2.24) is 0 Å². The van der Waals surface area contributed by atoms with Crippen molar-refractivity contribution in [3.63, 3.8) is 0 Å². The minimum atomic E-state index is 0.0532. The van der Waals surface area contributed by atoms with Crippen LogP contribution >= 0.6 is 0 Å². The van der Waals surface area contributed by atoms with Crippen LogP contribution in [0.2, 0.25) is 0 Å². The summed E-state index contributed by atoms with van der Waals surface area (Å²) in [5, 5.41) is 0. The molecule has 0 saturated carbocycles. The highest BCUT2D eigenvalue weighted by atomic mass is 14.6. The Morgan fingerprint density at radius 1 is 1.56 bits per heavy atom. The van der Waals surface area contributed by atoms with Crippen LogP contribution in [0.1, 0.15) is 20.3 Å². The van der Waals surface area contributed by atoms with E-state index in [1.54, 1.807) is 0 Å². The summed E-state index contributed by atoms with van der Waals surface area (Å²) in [6, 6.07) is 0.0532. The second-order valence-electron chi connectivity index (χ2n) is 2.27. The molecule has 2 N–H and O–H groups in total. The first-order valence-electron chi connectivity index (χ1n) is 3.22. The van der Waals surface area contributed by atoms with Crippen molar-refractivity contribution in [3.05, 3.63) is 24.3 Å². The maximum absolute atomic E-state index is 5.55. The monoisotopic (exact) mass is 125 g/mol. The standard InChI is InChI=1S/C8H15N/c1-5-6(2)7(3)8(4)9/h8H,2-3,5,9H2,1,4H3. The smallest absolute Gasteiger partial charge is 0.0262 e. The first-order valence-corrected chi connectivity index (χ1v) is 3.22. The molecule has 0 aromatic carbocycles. The average Bonchev–Trinajstić information content (AvgIpc) is 1.84. The Labute approximate surface area is 57.3 Å². The van der Waals surface area contributed by atoms with Gasteiger partial charge in [0.25, 0.3) is 0 Å². The van der Waals surface area contributed by atoms with Crippen LogP contribution in [-0.4, -0.2) is 6.04 Å². The third kappa shape index (κ3) is 2.47. The third-order valence-electron chi connectivity index (χ3n) is 1.43. The van der Waals surface area contributed by atoms with E-state index in [9.17, 15) is 0 Å². The first kappa shape index (κ1) is 8.44. The van der Waals surface area contributed by atoms with Crippen molar-refractivity contribution in [2.75, 3.05) is 0 Å². The average molecular weight is 125 g/mol. The van der Waals surface area contributed by atoms with Gasteiger partial charge in [0.1, 0.15) is 0 Å². The minimum absolute atomic E-state index is 0.0532. The second-order valence-corrected chi connectivity index (χ2v) is 2.27. The van der Waals surface area contributed by atoms with Gasteiger partial charge in [-0.2, -0.15) is 0 Å². The Hall–Kier alpha value is -0.560. The van der Waals surface area contributed by atoms with Gasteiger partial charge in [-0.05, 0) is 18.9 Å².